The van der Waals surface area contributed by atoms with Gasteiger partial charge in [-0.2, -0.15) is 0 Å². The molecule has 0 aliphatic rings. The molecule has 2 heteroatoms. The molecule has 0 spiro atoms. The molecule has 0 saturated carbocycles. The van der Waals surface area contributed by atoms with Crippen LogP contribution in [0.15, 0.2) is 24.3 Å². The predicted octanol–water partition coefficient (Wildman–Crippen LogP) is 4.41. The van der Waals surface area contributed by atoms with Gasteiger partial charge in [-0.1, -0.05) is 51.3 Å². The summed E-state index contributed by atoms with van der Waals surface area (Å²) in [6.07, 6.45) is 3.47. The molecule has 0 heterocycles. The Morgan fingerprint density at radius 3 is 2.31 bits per heavy atom. The summed E-state index contributed by atoms with van der Waals surface area (Å²) < 4.78 is 1.07. The van der Waals surface area contributed by atoms with Gasteiger partial charge < -0.3 is 4.79 Å². The number of benzene rings is 1. The average Bonchev–Trinajstić information content (AvgIpc) is 2.15. The smallest absolute Gasteiger partial charge is 0.130 e. The Morgan fingerprint density at radius 1 is 1.25 bits per heavy atom. The van der Waals surface area contributed by atoms with E-state index < -0.39 is 0 Å². The Labute approximate surface area is 106 Å². The summed E-state index contributed by atoms with van der Waals surface area (Å²) in [5.41, 5.74) is 3.69. The fraction of sp³-hybridized carbons (Fsp3) is 0.357. The van der Waals surface area contributed by atoms with E-state index in [9.17, 15) is 4.79 Å². The summed E-state index contributed by atoms with van der Waals surface area (Å²) in [5, 5.41) is 0. The van der Waals surface area contributed by atoms with Crippen molar-refractivity contribution in [1.29, 1.82) is 0 Å². The first-order valence-electron chi connectivity index (χ1n) is 5.43. The van der Waals surface area contributed by atoms with Gasteiger partial charge in [0.25, 0.3) is 0 Å². The molecule has 0 amide bonds. The Hall–Kier alpha value is -0.890. The van der Waals surface area contributed by atoms with E-state index in [0.29, 0.717) is 6.42 Å². The topological polar surface area (TPSA) is 17.1 Å². The highest BCUT2D eigenvalue weighted by atomic mass is 79.9. The first kappa shape index (κ1) is 13.2. The second-order valence-electron chi connectivity index (χ2n) is 4.17. The molecule has 0 aromatic heterocycles. The normalized spacial score (nSPS) is 11.6. The second kappa shape index (κ2) is 6.00. The molecule has 0 radical (unpaired) electrons. The van der Waals surface area contributed by atoms with Gasteiger partial charge in [-0.3, -0.25) is 0 Å². The molecule has 0 atom stereocenters. The zero-order valence-corrected chi connectivity index (χ0v) is 11.6. The zero-order chi connectivity index (χ0) is 12.1. The summed E-state index contributed by atoms with van der Waals surface area (Å²) in [5.74, 6) is 0.233. The third-order valence-electron chi connectivity index (χ3n) is 2.32. The third kappa shape index (κ3) is 4.31. The lowest BCUT2D eigenvalue weighted by Gasteiger charge is -2.04. The molecule has 0 aliphatic carbocycles. The fourth-order valence-electron chi connectivity index (χ4n) is 1.63. The predicted molar refractivity (Wildman–Crippen MR) is 72.7 cm³/mol. The lowest BCUT2D eigenvalue weighted by molar-refractivity contribution is -0.116. The average molecular weight is 281 g/mol. The summed E-state index contributed by atoms with van der Waals surface area (Å²) in [6, 6.07) is 6.43. The highest BCUT2D eigenvalue weighted by Crippen LogP contribution is 2.24. The molecule has 1 nitrogen and oxygen atoms in total. The van der Waals surface area contributed by atoms with Crippen molar-refractivity contribution in [1.82, 2.24) is 0 Å². The van der Waals surface area contributed by atoms with Gasteiger partial charge in [-0.05, 0) is 32.8 Å². The minimum Gasteiger partial charge on any atom is -0.300 e. The minimum atomic E-state index is 0.233. The third-order valence-corrected chi connectivity index (χ3v) is 3.10. The summed E-state index contributed by atoms with van der Waals surface area (Å²) in [4.78, 5) is 10.8. The molecule has 1 aromatic rings. The molecule has 1 aromatic carbocycles. The molecule has 0 saturated heterocycles. The van der Waals surface area contributed by atoms with Crippen LogP contribution in [0.25, 0.3) is 4.48 Å². The van der Waals surface area contributed by atoms with Crippen LogP contribution in [0, 0.1) is 13.8 Å². The van der Waals surface area contributed by atoms with Crippen molar-refractivity contribution in [3.05, 3.63) is 41.0 Å². The molecular formula is C14H17BrO. The van der Waals surface area contributed by atoms with Gasteiger partial charge in [0.1, 0.15) is 5.78 Å². The number of Topliss-reactive ketones (excluding diaryl/α,β-unsaturated/α-hetero) is 1. The number of hydrogen-bond acceptors (Lipinski definition) is 1. The van der Waals surface area contributed by atoms with Crippen molar-refractivity contribution in [2.45, 2.75) is 33.6 Å². The maximum absolute atomic E-state index is 10.8. The van der Waals surface area contributed by atoms with Crippen LogP contribution in [0.1, 0.15) is 36.5 Å². The van der Waals surface area contributed by atoms with Crippen molar-refractivity contribution >= 4 is 26.2 Å². The van der Waals surface area contributed by atoms with Gasteiger partial charge in [0.2, 0.25) is 0 Å². The Kier molecular flexibility index (Phi) is 4.94. The van der Waals surface area contributed by atoms with Gasteiger partial charge in [-0.25, -0.2) is 0 Å². The van der Waals surface area contributed by atoms with E-state index in [2.05, 4.69) is 54.1 Å². The van der Waals surface area contributed by atoms with Crippen LogP contribution in [0.5, 0.6) is 0 Å². The Balaban J connectivity index is 2.79. The summed E-state index contributed by atoms with van der Waals surface area (Å²) in [6.45, 7) is 5.80. The molecular weight excluding hydrogens is 264 g/mol. The van der Waals surface area contributed by atoms with Crippen LogP contribution in [0.3, 0.4) is 0 Å². The maximum Gasteiger partial charge on any atom is 0.130 e. The van der Waals surface area contributed by atoms with E-state index in [4.69, 9.17) is 0 Å². The van der Waals surface area contributed by atoms with Gasteiger partial charge in [0, 0.05) is 10.9 Å². The molecule has 0 bridgehead atoms. The van der Waals surface area contributed by atoms with E-state index in [-0.39, 0.29) is 5.78 Å². The molecule has 0 fully saturated rings. The van der Waals surface area contributed by atoms with E-state index in [1.54, 1.807) is 6.92 Å². The van der Waals surface area contributed by atoms with Crippen molar-refractivity contribution in [2.75, 3.05) is 0 Å². The number of carbonyl (C=O) groups is 1. The molecule has 0 unspecified atom stereocenters. The number of rotatable bonds is 4. The van der Waals surface area contributed by atoms with Gasteiger partial charge in [0.15, 0.2) is 0 Å². The Bertz CT molecular complexity index is 398. The van der Waals surface area contributed by atoms with E-state index in [0.717, 1.165) is 10.9 Å². The summed E-state index contributed by atoms with van der Waals surface area (Å²) >= 11 is 3.55. The monoisotopic (exact) mass is 280 g/mol. The zero-order valence-electron chi connectivity index (χ0n) is 10.0. The molecule has 0 N–H and O–H groups in total. The molecule has 16 heavy (non-hydrogen) atoms. The number of ketones is 1. The van der Waals surface area contributed by atoms with Gasteiger partial charge in [0.05, 0.1) is 0 Å². The van der Waals surface area contributed by atoms with Crippen molar-refractivity contribution < 1.29 is 4.79 Å². The van der Waals surface area contributed by atoms with Gasteiger partial charge in [-0.15, -0.1) is 0 Å². The van der Waals surface area contributed by atoms with Crippen LogP contribution in [0.4, 0.5) is 0 Å². The first-order chi connectivity index (χ1) is 7.49. The largest absolute Gasteiger partial charge is 0.300 e. The lowest BCUT2D eigenvalue weighted by atomic mass is 10.1. The molecule has 0 aliphatic heterocycles. The van der Waals surface area contributed by atoms with Crippen molar-refractivity contribution in [3.63, 3.8) is 0 Å². The van der Waals surface area contributed by atoms with Crippen LogP contribution < -0.4 is 0 Å². The Morgan fingerprint density at radius 2 is 1.81 bits per heavy atom. The van der Waals surface area contributed by atoms with E-state index in [1.807, 2.05) is 0 Å². The number of aryl methyl sites for hydroxylation is 2. The first-order valence-corrected chi connectivity index (χ1v) is 6.22. The van der Waals surface area contributed by atoms with Crippen LogP contribution in [-0.2, 0) is 4.79 Å². The highest BCUT2D eigenvalue weighted by Gasteiger charge is 2.00. The van der Waals surface area contributed by atoms with Crippen molar-refractivity contribution in [2.24, 2.45) is 0 Å². The maximum atomic E-state index is 10.8. The van der Waals surface area contributed by atoms with Gasteiger partial charge >= 0.3 is 0 Å². The number of halogens is 1. The number of carbonyl (C=O) groups excluding carboxylic acids is 1. The molecule has 1 rings (SSSR count). The second-order valence-corrected chi connectivity index (χ2v) is 5.02. The minimum absolute atomic E-state index is 0.233. The standard InChI is InChI=1S/C14H17BrO/c1-10-7-11(2)9-13(8-10)14(15)6-4-5-12(3)16/h6-9H,4-5H2,1-3H3/b14-6-. The molecule has 86 valence electrons. The SMILES string of the molecule is CC(=O)CC/C=C(\Br)c1cc(C)cc(C)c1. The fourth-order valence-corrected chi connectivity index (χ4v) is 2.09. The lowest BCUT2D eigenvalue weighted by Crippen LogP contribution is -1.87. The van der Waals surface area contributed by atoms with Crippen LogP contribution in [-0.4, -0.2) is 5.78 Å². The van der Waals surface area contributed by atoms with Crippen LogP contribution >= 0.6 is 15.9 Å². The van der Waals surface area contributed by atoms with Crippen LogP contribution in [0.2, 0.25) is 0 Å². The van der Waals surface area contributed by atoms with E-state index >= 15 is 0 Å². The number of hydrogen-bond donors (Lipinski definition) is 0. The number of allylic oxidation sites excluding steroid dienone is 1. The quantitative estimate of drug-likeness (QED) is 0.799. The van der Waals surface area contributed by atoms with Crippen molar-refractivity contribution in [3.8, 4) is 0 Å². The van der Waals surface area contributed by atoms with E-state index in [1.165, 1.54) is 16.7 Å². The highest BCUT2D eigenvalue weighted by molar-refractivity contribution is 9.15. The summed E-state index contributed by atoms with van der Waals surface area (Å²) in [7, 11) is 0.